The molecule has 1 aromatic rings. The van der Waals surface area contributed by atoms with Crippen LogP contribution in [-0.4, -0.2) is 11.7 Å². The summed E-state index contributed by atoms with van der Waals surface area (Å²) in [5, 5.41) is 2.69. The second-order valence-electron chi connectivity index (χ2n) is 3.95. The molecule has 0 spiro atoms. The molecule has 1 N–H and O–H groups in total. The molecule has 1 aliphatic heterocycles. The SMILES string of the molecule is CC(=O)Nc1ccc2c(c1)OC(C)(C)O2. The zero-order valence-electron chi connectivity index (χ0n) is 8.96. The maximum Gasteiger partial charge on any atom is 0.246 e. The molecule has 1 amide bonds. The van der Waals surface area contributed by atoms with Crippen LogP contribution in [0, 0.1) is 0 Å². The van der Waals surface area contributed by atoms with E-state index in [1.54, 1.807) is 18.2 Å². The Morgan fingerprint density at radius 3 is 2.60 bits per heavy atom. The number of carbonyl (C=O) groups excluding carboxylic acids is 1. The maximum atomic E-state index is 10.9. The quantitative estimate of drug-likeness (QED) is 0.767. The van der Waals surface area contributed by atoms with Gasteiger partial charge in [-0.1, -0.05) is 0 Å². The summed E-state index contributed by atoms with van der Waals surface area (Å²) in [5.41, 5.74) is 0.711. The molecule has 0 unspecified atom stereocenters. The molecule has 1 heterocycles. The number of fused-ring (bicyclic) bond motifs is 1. The minimum Gasteiger partial charge on any atom is -0.449 e. The molecule has 4 heteroatoms. The molecule has 0 aromatic heterocycles. The summed E-state index contributed by atoms with van der Waals surface area (Å²) in [5.74, 6) is 0.630. The number of carbonyl (C=O) groups is 1. The number of amides is 1. The van der Waals surface area contributed by atoms with E-state index >= 15 is 0 Å². The second-order valence-corrected chi connectivity index (χ2v) is 3.95. The van der Waals surface area contributed by atoms with Crippen LogP contribution in [0.2, 0.25) is 0 Å². The monoisotopic (exact) mass is 207 g/mol. The number of hydrogen-bond acceptors (Lipinski definition) is 3. The van der Waals surface area contributed by atoms with Crippen LogP contribution >= 0.6 is 0 Å². The van der Waals surface area contributed by atoms with E-state index in [-0.39, 0.29) is 5.91 Å². The van der Waals surface area contributed by atoms with Crippen molar-refractivity contribution < 1.29 is 14.3 Å². The standard InChI is InChI=1S/C11H13NO3/c1-7(13)12-8-4-5-9-10(6-8)15-11(2,3)14-9/h4-6H,1-3H3,(H,12,13). The molecular formula is C11H13NO3. The smallest absolute Gasteiger partial charge is 0.246 e. The van der Waals surface area contributed by atoms with Crippen LogP contribution in [0.3, 0.4) is 0 Å². The van der Waals surface area contributed by atoms with Crippen LogP contribution in [0.25, 0.3) is 0 Å². The van der Waals surface area contributed by atoms with Gasteiger partial charge in [0.15, 0.2) is 11.5 Å². The largest absolute Gasteiger partial charge is 0.449 e. The number of anilines is 1. The van der Waals surface area contributed by atoms with E-state index in [0.717, 1.165) is 0 Å². The Morgan fingerprint density at radius 1 is 1.27 bits per heavy atom. The number of rotatable bonds is 1. The Morgan fingerprint density at radius 2 is 1.93 bits per heavy atom. The maximum absolute atomic E-state index is 10.9. The third kappa shape index (κ3) is 2.03. The van der Waals surface area contributed by atoms with Crippen molar-refractivity contribution >= 4 is 11.6 Å². The van der Waals surface area contributed by atoms with Crippen molar-refractivity contribution in [1.82, 2.24) is 0 Å². The van der Waals surface area contributed by atoms with Gasteiger partial charge >= 0.3 is 0 Å². The van der Waals surface area contributed by atoms with Gasteiger partial charge < -0.3 is 14.8 Å². The first-order chi connectivity index (χ1) is 6.96. The summed E-state index contributed by atoms with van der Waals surface area (Å²) < 4.78 is 11.1. The predicted molar refractivity (Wildman–Crippen MR) is 56.1 cm³/mol. The first-order valence-corrected chi connectivity index (χ1v) is 4.76. The van der Waals surface area contributed by atoms with Gasteiger partial charge in [0.1, 0.15) is 0 Å². The van der Waals surface area contributed by atoms with Gasteiger partial charge in [0.2, 0.25) is 11.7 Å². The summed E-state index contributed by atoms with van der Waals surface area (Å²) in [6.07, 6.45) is 0. The van der Waals surface area contributed by atoms with Crippen molar-refractivity contribution in [1.29, 1.82) is 0 Å². The molecule has 0 radical (unpaired) electrons. The van der Waals surface area contributed by atoms with Gasteiger partial charge in [-0.15, -0.1) is 0 Å². The lowest BCUT2D eigenvalue weighted by atomic mass is 10.3. The van der Waals surface area contributed by atoms with Gasteiger partial charge in [-0.2, -0.15) is 0 Å². The number of ether oxygens (including phenoxy) is 2. The fourth-order valence-corrected chi connectivity index (χ4v) is 1.50. The van der Waals surface area contributed by atoms with Gasteiger partial charge in [-0.05, 0) is 12.1 Å². The molecule has 0 saturated heterocycles. The Kier molecular flexibility index (Phi) is 2.07. The third-order valence-electron chi connectivity index (χ3n) is 1.98. The summed E-state index contributed by atoms with van der Waals surface area (Å²) in [6, 6.07) is 5.33. The topological polar surface area (TPSA) is 47.6 Å². The molecule has 15 heavy (non-hydrogen) atoms. The van der Waals surface area contributed by atoms with Gasteiger partial charge in [-0.3, -0.25) is 4.79 Å². The zero-order chi connectivity index (χ0) is 11.1. The summed E-state index contributed by atoms with van der Waals surface area (Å²) in [6.45, 7) is 5.14. The minimum absolute atomic E-state index is 0.104. The number of hydrogen-bond donors (Lipinski definition) is 1. The van der Waals surface area contributed by atoms with Gasteiger partial charge in [0.25, 0.3) is 0 Å². The fourth-order valence-electron chi connectivity index (χ4n) is 1.50. The average Bonchev–Trinajstić information content (AvgIpc) is 2.36. The number of benzene rings is 1. The highest BCUT2D eigenvalue weighted by Crippen LogP contribution is 2.40. The molecule has 0 aliphatic carbocycles. The second kappa shape index (κ2) is 3.15. The van der Waals surface area contributed by atoms with E-state index in [0.29, 0.717) is 17.2 Å². The average molecular weight is 207 g/mol. The van der Waals surface area contributed by atoms with E-state index in [1.165, 1.54) is 6.92 Å². The summed E-state index contributed by atoms with van der Waals surface area (Å²) >= 11 is 0. The molecule has 0 fully saturated rings. The van der Waals surface area contributed by atoms with E-state index in [2.05, 4.69) is 5.32 Å². The minimum atomic E-state index is -0.628. The van der Waals surface area contributed by atoms with E-state index in [4.69, 9.17) is 9.47 Å². The Bertz CT molecular complexity index is 412. The lowest BCUT2D eigenvalue weighted by molar-refractivity contribution is -0.114. The molecule has 4 nitrogen and oxygen atoms in total. The number of nitrogens with one attached hydrogen (secondary N) is 1. The zero-order valence-corrected chi connectivity index (χ0v) is 8.96. The van der Waals surface area contributed by atoms with Gasteiger partial charge in [0.05, 0.1) is 0 Å². The highest BCUT2D eigenvalue weighted by Gasteiger charge is 2.31. The van der Waals surface area contributed by atoms with Crippen molar-refractivity contribution in [2.24, 2.45) is 0 Å². The van der Waals surface area contributed by atoms with E-state index in [1.807, 2.05) is 13.8 Å². The Labute approximate surface area is 88.2 Å². The van der Waals surface area contributed by atoms with Crippen molar-refractivity contribution in [2.45, 2.75) is 26.6 Å². The van der Waals surface area contributed by atoms with E-state index in [9.17, 15) is 4.79 Å². The lowest BCUT2D eigenvalue weighted by Crippen LogP contribution is -2.29. The molecule has 1 aromatic carbocycles. The summed E-state index contributed by atoms with van der Waals surface area (Å²) in [7, 11) is 0. The first kappa shape index (κ1) is 9.83. The van der Waals surface area contributed by atoms with Gasteiger partial charge in [-0.25, -0.2) is 0 Å². The Balaban J connectivity index is 2.26. The normalized spacial score (nSPS) is 16.2. The van der Waals surface area contributed by atoms with Crippen LogP contribution < -0.4 is 14.8 Å². The molecule has 80 valence electrons. The van der Waals surface area contributed by atoms with Crippen molar-refractivity contribution in [3.05, 3.63) is 18.2 Å². The van der Waals surface area contributed by atoms with Crippen LogP contribution in [-0.2, 0) is 4.79 Å². The molecule has 2 rings (SSSR count). The molecule has 0 atom stereocenters. The van der Waals surface area contributed by atoms with Crippen molar-refractivity contribution in [3.63, 3.8) is 0 Å². The molecule has 0 bridgehead atoms. The van der Waals surface area contributed by atoms with Crippen molar-refractivity contribution in [2.75, 3.05) is 5.32 Å². The van der Waals surface area contributed by atoms with E-state index < -0.39 is 5.79 Å². The van der Waals surface area contributed by atoms with Crippen LogP contribution in [0.5, 0.6) is 11.5 Å². The van der Waals surface area contributed by atoms with Gasteiger partial charge in [0, 0.05) is 32.5 Å². The highest BCUT2D eigenvalue weighted by atomic mass is 16.7. The lowest BCUT2D eigenvalue weighted by Gasteiger charge is -2.16. The summed E-state index contributed by atoms with van der Waals surface area (Å²) in [4.78, 5) is 10.9. The highest BCUT2D eigenvalue weighted by molar-refractivity contribution is 5.89. The first-order valence-electron chi connectivity index (χ1n) is 4.76. The predicted octanol–water partition coefficient (Wildman–Crippen LogP) is 2.15. The molecule has 0 saturated carbocycles. The molecular weight excluding hydrogens is 194 g/mol. The third-order valence-corrected chi connectivity index (χ3v) is 1.98. The van der Waals surface area contributed by atoms with Crippen molar-refractivity contribution in [3.8, 4) is 11.5 Å². The van der Waals surface area contributed by atoms with Crippen LogP contribution in [0.4, 0.5) is 5.69 Å². The van der Waals surface area contributed by atoms with Crippen LogP contribution in [0.15, 0.2) is 18.2 Å². The Hall–Kier alpha value is -1.71. The fraction of sp³-hybridized carbons (Fsp3) is 0.364. The van der Waals surface area contributed by atoms with Crippen LogP contribution in [0.1, 0.15) is 20.8 Å². The molecule has 1 aliphatic rings.